The van der Waals surface area contributed by atoms with Crippen molar-refractivity contribution in [3.63, 3.8) is 0 Å². The van der Waals surface area contributed by atoms with Gasteiger partial charge in [-0.2, -0.15) is 0 Å². The van der Waals surface area contributed by atoms with Gasteiger partial charge in [0.2, 0.25) is 0 Å². The molecule has 24 heavy (non-hydrogen) atoms. The summed E-state index contributed by atoms with van der Waals surface area (Å²) in [5, 5.41) is 0.742. The molecule has 0 radical (unpaired) electrons. The molecule has 0 aliphatic carbocycles. The fourth-order valence-corrected chi connectivity index (χ4v) is 4.52. The monoisotopic (exact) mass is 391 g/mol. The second-order valence-electron chi connectivity index (χ2n) is 7.83. The Labute approximate surface area is 156 Å². The van der Waals surface area contributed by atoms with Crippen LogP contribution >= 0.6 is 22.9 Å². The van der Waals surface area contributed by atoms with Crippen molar-refractivity contribution in [2.45, 2.75) is 77.0 Å². The van der Waals surface area contributed by atoms with Gasteiger partial charge >= 0.3 is 0 Å². The number of thiazole rings is 1. The Morgan fingerprint density at radius 3 is 2.71 bits per heavy atom. The van der Waals surface area contributed by atoms with Crippen LogP contribution in [-0.4, -0.2) is 32.8 Å². The number of aromatic nitrogens is 1. The number of nitrogens with zero attached hydrogens (tertiary/aromatic N) is 1. The van der Waals surface area contributed by atoms with Crippen LogP contribution < -0.4 is 0 Å². The normalized spacial score (nSPS) is 21.0. The van der Waals surface area contributed by atoms with E-state index in [1.807, 2.05) is 0 Å². The largest absolute Gasteiger partial charge is 0.417 e. The Kier molecular flexibility index (Phi) is 7.29. The molecular formula is C17H30ClNO3SSi. The molecule has 2 rings (SSSR count). The molecule has 0 saturated carbocycles. The SMILES string of the molecule is CC(C)(C)[Si](C)(C)OCCC(OC1CCCCO1)c1scnc1Cl. The summed E-state index contributed by atoms with van der Waals surface area (Å²) in [4.78, 5) is 5.13. The number of ether oxygens (including phenoxy) is 2. The van der Waals surface area contributed by atoms with Crippen molar-refractivity contribution < 1.29 is 13.9 Å². The predicted octanol–water partition coefficient (Wildman–Crippen LogP) is 5.79. The molecule has 138 valence electrons. The zero-order chi connectivity index (χ0) is 17.8. The minimum atomic E-state index is -1.75. The van der Waals surface area contributed by atoms with Crippen molar-refractivity contribution in [3.8, 4) is 0 Å². The Bertz CT molecular complexity index is 512. The average Bonchev–Trinajstić information content (AvgIpc) is 2.92. The van der Waals surface area contributed by atoms with Gasteiger partial charge in [-0.1, -0.05) is 32.4 Å². The molecule has 0 amide bonds. The van der Waals surface area contributed by atoms with Crippen LogP contribution in [0.3, 0.4) is 0 Å². The van der Waals surface area contributed by atoms with E-state index in [1.54, 1.807) is 16.8 Å². The van der Waals surface area contributed by atoms with E-state index < -0.39 is 8.32 Å². The molecule has 0 aromatic carbocycles. The van der Waals surface area contributed by atoms with Gasteiger partial charge < -0.3 is 13.9 Å². The van der Waals surface area contributed by atoms with Crippen molar-refractivity contribution in [2.24, 2.45) is 0 Å². The van der Waals surface area contributed by atoms with Crippen molar-refractivity contribution in [3.05, 3.63) is 15.5 Å². The summed E-state index contributed by atoms with van der Waals surface area (Å²) >= 11 is 7.78. The third kappa shape index (κ3) is 5.51. The number of hydrogen-bond donors (Lipinski definition) is 0. The number of rotatable bonds is 7. The van der Waals surface area contributed by atoms with E-state index in [2.05, 4.69) is 38.8 Å². The van der Waals surface area contributed by atoms with Crippen LogP contribution in [-0.2, 0) is 13.9 Å². The third-order valence-electron chi connectivity index (χ3n) is 4.94. The molecule has 1 fully saturated rings. The van der Waals surface area contributed by atoms with Gasteiger partial charge in [0.1, 0.15) is 11.3 Å². The summed E-state index contributed by atoms with van der Waals surface area (Å²) in [6.07, 6.45) is 3.71. The first-order chi connectivity index (χ1) is 11.2. The fraction of sp³-hybridized carbons (Fsp3) is 0.824. The molecule has 1 aliphatic rings. The lowest BCUT2D eigenvalue weighted by Gasteiger charge is -2.36. The van der Waals surface area contributed by atoms with Crippen molar-refractivity contribution in [2.75, 3.05) is 13.2 Å². The lowest BCUT2D eigenvalue weighted by molar-refractivity contribution is -0.191. The Balaban J connectivity index is 1.97. The highest BCUT2D eigenvalue weighted by Crippen LogP contribution is 2.38. The first-order valence-corrected chi connectivity index (χ1v) is 12.9. The summed E-state index contributed by atoms with van der Waals surface area (Å²) in [5.74, 6) is 0. The number of hydrogen-bond acceptors (Lipinski definition) is 5. The van der Waals surface area contributed by atoms with Crippen LogP contribution in [0, 0.1) is 0 Å². The van der Waals surface area contributed by atoms with Gasteiger partial charge in [0.25, 0.3) is 0 Å². The van der Waals surface area contributed by atoms with Crippen molar-refractivity contribution in [1.29, 1.82) is 0 Å². The second kappa shape index (κ2) is 8.60. The summed E-state index contributed by atoms with van der Waals surface area (Å²) in [6, 6.07) is 0. The van der Waals surface area contributed by atoms with Crippen LogP contribution in [0.15, 0.2) is 5.51 Å². The Morgan fingerprint density at radius 2 is 2.17 bits per heavy atom. The Hall–Kier alpha value is 0.0169. The topological polar surface area (TPSA) is 40.6 Å². The zero-order valence-electron chi connectivity index (χ0n) is 15.4. The zero-order valence-corrected chi connectivity index (χ0v) is 18.0. The van der Waals surface area contributed by atoms with Crippen molar-refractivity contribution >= 4 is 31.3 Å². The van der Waals surface area contributed by atoms with Crippen LogP contribution in [0.2, 0.25) is 23.3 Å². The smallest absolute Gasteiger partial charge is 0.191 e. The number of halogens is 1. The summed E-state index contributed by atoms with van der Waals surface area (Å²) in [5.41, 5.74) is 1.77. The first-order valence-electron chi connectivity index (χ1n) is 8.70. The van der Waals surface area contributed by atoms with E-state index in [1.165, 1.54) is 0 Å². The molecule has 2 atom stereocenters. The van der Waals surface area contributed by atoms with Gasteiger partial charge in [-0.3, -0.25) is 0 Å². The van der Waals surface area contributed by atoms with Gasteiger partial charge in [0.05, 0.1) is 10.4 Å². The molecule has 0 spiro atoms. The summed E-state index contributed by atoms with van der Waals surface area (Å²) in [6.45, 7) is 12.7. The highest BCUT2D eigenvalue weighted by Gasteiger charge is 2.37. The molecule has 2 heterocycles. The highest BCUT2D eigenvalue weighted by molar-refractivity contribution is 7.10. The quantitative estimate of drug-likeness (QED) is 0.551. The van der Waals surface area contributed by atoms with Gasteiger partial charge in [-0.25, -0.2) is 4.98 Å². The third-order valence-corrected chi connectivity index (χ3v) is 10.8. The van der Waals surface area contributed by atoms with Crippen LogP contribution in [0.25, 0.3) is 0 Å². The molecule has 1 aromatic heterocycles. The molecule has 1 saturated heterocycles. The Morgan fingerprint density at radius 1 is 1.42 bits per heavy atom. The van der Waals surface area contributed by atoms with E-state index >= 15 is 0 Å². The summed E-state index contributed by atoms with van der Waals surface area (Å²) < 4.78 is 18.3. The molecule has 1 aliphatic heterocycles. The van der Waals surface area contributed by atoms with E-state index in [-0.39, 0.29) is 17.4 Å². The maximum absolute atomic E-state index is 6.31. The lowest BCUT2D eigenvalue weighted by Crippen LogP contribution is -2.41. The second-order valence-corrected chi connectivity index (χ2v) is 13.9. The molecular weight excluding hydrogens is 362 g/mol. The average molecular weight is 392 g/mol. The molecule has 2 unspecified atom stereocenters. The molecule has 0 bridgehead atoms. The van der Waals surface area contributed by atoms with Gasteiger partial charge in [-0.05, 0) is 37.4 Å². The van der Waals surface area contributed by atoms with Gasteiger partial charge in [0, 0.05) is 19.6 Å². The molecule has 1 aromatic rings. The lowest BCUT2D eigenvalue weighted by atomic mass is 10.2. The van der Waals surface area contributed by atoms with E-state index in [0.29, 0.717) is 11.8 Å². The van der Waals surface area contributed by atoms with Crippen LogP contribution in [0.4, 0.5) is 0 Å². The molecule has 4 nitrogen and oxygen atoms in total. The molecule has 7 heteroatoms. The first kappa shape index (κ1) is 20.3. The van der Waals surface area contributed by atoms with Crippen LogP contribution in [0.5, 0.6) is 0 Å². The predicted molar refractivity (Wildman–Crippen MR) is 102 cm³/mol. The van der Waals surface area contributed by atoms with E-state index in [4.69, 9.17) is 25.5 Å². The fourth-order valence-electron chi connectivity index (χ4n) is 2.35. The van der Waals surface area contributed by atoms with Crippen LogP contribution in [0.1, 0.15) is 57.4 Å². The van der Waals surface area contributed by atoms with E-state index in [9.17, 15) is 0 Å². The minimum Gasteiger partial charge on any atom is -0.417 e. The van der Waals surface area contributed by atoms with Gasteiger partial charge in [0.15, 0.2) is 14.6 Å². The van der Waals surface area contributed by atoms with Crippen molar-refractivity contribution in [1.82, 2.24) is 4.98 Å². The maximum atomic E-state index is 6.31. The molecule has 0 N–H and O–H groups in total. The highest BCUT2D eigenvalue weighted by atomic mass is 35.5. The maximum Gasteiger partial charge on any atom is 0.191 e. The van der Waals surface area contributed by atoms with E-state index in [0.717, 1.165) is 37.2 Å². The minimum absolute atomic E-state index is 0.113. The summed E-state index contributed by atoms with van der Waals surface area (Å²) in [7, 11) is -1.75. The standard InChI is InChI=1S/C17H30ClNO3SSi/c1-17(2,3)24(4,5)21-11-9-13(15-16(18)19-12-23-15)22-14-8-6-7-10-20-14/h12-14H,6-11H2,1-5H3. The van der Waals surface area contributed by atoms with Gasteiger partial charge in [-0.15, -0.1) is 11.3 Å².